The molecule has 2 rings (SSSR count). The highest BCUT2D eigenvalue weighted by molar-refractivity contribution is 4.88. The Hall–Kier alpha value is -0.420. The number of likely N-dealkylation sites (tertiary alicyclic amines) is 1. The Morgan fingerprint density at radius 1 is 1.21 bits per heavy atom. The Morgan fingerprint density at radius 3 is 2.63 bits per heavy atom. The molecule has 0 aromatic rings. The van der Waals surface area contributed by atoms with Crippen LogP contribution >= 0.6 is 0 Å². The summed E-state index contributed by atoms with van der Waals surface area (Å²) in [6.07, 6.45) is 4.68. The fraction of sp³-hybridized carbons (Fsp3) is 0.867. The largest absolute Gasteiger partial charge is 0.375 e. The predicted molar refractivity (Wildman–Crippen MR) is 79.5 cm³/mol. The highest BCUT2D eigenvalue weighted by Crippen LogP contribution is 2.21. The normalized spacial score (nSPS) is 30.8. The lowest BCUT2D eigenvalue weighted by Gasteiger charge is -2.32. The number of hydrogen-bond acceptors (Lipinski definition) is 4. The quantitative estimate of drug-likeness (QED) is 0.666. The Morgan fingerprint density at radius 2 is 1.95 bits per heavy atom. The van der Waals surface area contributed by atoms with E-state index in [1.807, 2.05) is 6.08 Å². The summed E-state index contributed by atoms with van der Waals surface area (Å²) in [5.74, 6) is 0. The van der Waals surface area contributed by atoms with Gasteiger partial charge in [0.1, 0.15) is 0 Å². The Kier molecular flexibility index (Phi) is 5.82. The van der Waals surface area contributed by atoms with Gasteiger partial charge in [0.25, 0.3) is 0 Å². The smallest absolute Gasteiger partial charge is 0.0717 e. The van der Waals surface area contributed by atoms with Crippen molar-refractivity contribution in [1.29, 1.82) is 0 Å². The van der Waals surface area contributed by atoms with Gasteiger partial charge in [0, 0.05) is 45.3 Å². The molecule has 0 aromatic heterocycles. The molecule has 2 heterocycles. The van der Waals surface area contributed by atoms with Crippen molar-refractivity contribution in [3.63, 3.8) is 0 Å². The maximum atomic E-state index is 6.05. The minimum absolute atomic E-state index is 0.419. The summed E-state index contributed by atoms with van der Waals surface area (Å²) in [7, 11) is 4.39. The molecule has 110 valence electrons. The molecule has 2 atom stereocenters. The van der Waals surface area contributed by atoms with E-state index < -0.39 is 0 Å². The standard InChI is InChI=1S/C15H29N3O/c1-4-5-14-12-15(13-17(14)3)19-11-10-18-8-6-16(2)7-9-18/h4,14-15H,1,5-13H2,2-3H3. The molecule has 4 nitrogen and oxygen atoms in total. The van der Waals surface area contributed by atoms with Crippen molar-refractivity contribution < 1.29 is 4.74 Å². The molecule has 2 aliphatic rings. The topological polar surface area (TPSA) is 19.0 Å². The monoisotopic (exact) mass is 267 g/mol. The van der Waals surface area contributed by atoms with Crippen LogP contribution in [0.1, 0.15) is 12.8 Å². The van der Waals surface area contributed by atoms with Gasteiger partial charge >= 0.3 is 0 Å². The number of ether oxygens (including phenoxy) is 1. The summed E-state index contributed by atoms with van der Waals surface area (Å²) in [4.78, 5) is 7.31. The average Bonchev–Trinajstić information content (AvgIpc) is 2.73. The Labute approximate surface area is 118 Å². The fourth-order valence-corrected chi connectivity index (χ4v) is 3.04. The van der Waals surface area contributed by atoms with Crippen LogP contribution in [0.15, 0.2) is 12.7 Å². The van der Waals surface area contributed by atoms with Crippen molar-refractivity contribution in [2.45, 2.75) is 25.0 Å². The zero-order valence-corrected chi connectivity index (χ0v) is 12.6. The molecule has 0 amide bonds. The molecule has 0 aromatic carbocycles. The van der Waals surface area contributed by atoms with Crippen LogP contribution < -0.4 is 0 Å². The zero-order valence-electron chi connectivity index (χ0n) is 12.6. The summed E-state index contributed by atoms with van der Waals surface area (Å²) in [6, 6.07) is 0.631. The van der Waals surface area contributed by atoms with Gasteiger partial charge in [-0.05, 0) is 26.9 Å². The van der Waals surface area contributed by atoms with E-state index in [9.17, 15) is 0 Å². The van der Waals surface area contributed by atoms with Gasteiger partial charge in [-0.1, -0.05) is 6.08 Å². The van der Waals surface area contributed by atoms with Crippen molar-refractivity contribution in [1.82, 2.24) is 14.7 Å². The number of piperazine rings is 1. The van der Waals surface area contributed by atoms with Gasteiger partial charge in [-0.2, -0.15) is 0 Å². The first-order valence-corrected chi connectivity index (χ1v) is 7.52. The third-order valence-electron chi connectivity index (χ3n) is 4.45. The summed E-state index contributed by atoms with van der Waals surface area (Å²) >= 11 is 0. The molecule has 2 fully saturated rings. The van der Waals surface area contributed by atoms with Gasteiger partial charge in [-0.15, -0.1) is 6.58 Å². The van der Waals surface area contributed by atoms with E-state index in [0.29, 0.717) is 12.1 Å². The molecule has 0 N–H and O–H groups in total. The second kappa shape index (κ2) is 7.39. The molecule has 2 aliphatic heterocycles. The van der Waals surface area contributed by atoms with Gasteiger partial charge in [0.05, 0.1) is 12.7 Å². The second-order valence-corrected chi connectivity index (χ2v) is 5.99. The number of likely N-dealkylation sites (N-methyl/N-ethyl adjacent to an activating group) is 2. The summed E-state index contributed by atoms with van der Waals surface area (Å²) in [5, 5.41) is 0. The molecular formula is C15H29N3O. The molecule has 2 saturated heterocycles. The van der Waals surface area contributed by atoms with Crippen molar-refractivity contribution in [3.8, 4) is 0 Å². The van der Waals surface area contributed by atoms with Crippen LogP contribution in [0.25, 0.3) is 0 Å². The molecule has 0 bridgehead atoms. The maximum Gasteiger partial charge on any atom is 0.0717 e. The van der Waals surface area contributed by atoms with E-state index in [4.69, 9.17) is 4.74 Å². The van der Waals surface area contributed by atoms with E-state index in [1.54, 1.807) is 0 Å². The van der Waals surface area contributed by atoms with Gasteiger partial charge in [0.15, 0.2) is 0 Å². The SMILES string of the molecule is C=CCC1CC(OCCN2CCN(C)CC2)CN1C. The van der Waals surface area contributed by atoms with E-state index in [0.717, 1.165) is 32.5 Å². The molecule has 0 aliphatic carbocycles. The van der Waals surface area contributed by atoms with Crippen LogP contribution in [0.3, 0.4) is 0 Å². The molecule has 0 radical (unpaired) electrons. The molecule has 0 saturated carbocycles. The lowest BCUT2D eigenvalue weighted by molar-refractivity contribution is 0.0352. The highest BCUT2D eigenvalue weighted by Gasteiger charge is 2.29. The van der Waals surface area contributed by atoms with Crippen LogP contribution in [-0.2, 0) is 4.74 Å². The fourth-order valence-electron chi connectivity index (χ4n) is 3.04. The Bertz CT molecular complexity index is 277. The van der Waals surface area contributed by atoms with Gasteiger partial charge < -0.3 is 14.5 Å². The molecule has 4 heteroatoms. The minimum atomic E-state index is 0.419. The number of nitrogens with zero attached hydrogens (tertiary/aromatic N) is 3. The van der Waals surface area contributed by atoms with Crippen molar-refractivity contribution in [3.05, 3.63) is 12.7 Å². The van der Waals surface area contributed by atoms with Crippen LogP contribution in [0.5, 0.6) is 0 Å². The zero-order chi connectivity index (χ0) is 13.7. The van der Waals surface area contributed by atoms with Crippen LogP contribution in [0.2, 0.25) is 0 Å². The summed E-state index contributed by atoms with van der Waals surface area (Å²) < 4.78 is 6.05. The van der Waals surface area contributed by atoms with Crippen LogP contribution in [0.4, 0.5) is 0 Å². The third kappa shape index (κ3) is 4.56. The first-order valence-electron chi connectivity index (χ1n) is 7.52. The average molecular weight is 267 g/mol. The van der Waals surface area contributed by atoms with Gasteiger partial charge in [-0.25, -0.2) is 0 Å². The van der Waals surface area contributed by atoms with Crippen molar-refractivity contribution >= 4 is 0 Å². The highest BCUT2D eigenvalue weighted by atomic mass is 16.5. The first-order chi connectivity index (χ1) is 9.19. The van der Waals surface area contributed by atoms with Crippen molar-refractivity contribution in [2.24, 2.45) is 0 Å². The van der Waals surface area contributed by atoms with Gasteiger partial charge in [-0.3, -0.25) is 4.90 Å². The summed E-state index contributed by atoms with van der Waals surface area (Å²) in [5.41, 5.74) is 0. The predicted octanol–water partition coefficient (Wildman–Crippen LogP) is 0.899. The first kappa shape index (κ1) is 15.0. The molecular weight excluding hydrogens is 238 g/mol. The third-order valence-corrected chi connectivity index (χ3v) is 4.45. The Balaban J connectivity index is 1.60. The van der Waals surface area contributed by atoms with E-state index in [1.165, 1.54) is 26.2 Å². The summed E-state index contributed by atoms with van der Waals surface area (Å²) in [6.45, 7) is 11.6. The second-order valence-electron chi connectivity index (χ2n) is 5.99. The maximum absolute atomic E-state index is 6.05. The minimum Gasteiger partial charge on any atom is -0.375 e. The number of hydrogen-bond donors (Lipinski definition) is 0. The number of rotatable bonds is 6. The van der Waals surface area contributed by atoms with E-state index >= 15 is 0 Å². The van der Waals surface area contributed by atoms with Crippen LogP contribution in [-0.4, -0.2) is 86.8 Å². The van der Waals surface area contributed by atoms with Crippen LogP contribution in [0, 0.1) is 0 Å². The molecule has 19 heavy (non-hydrogen) atoms. The lowest BCUT2D eigenvalue weighted by Crippen LogP contribution is -2.45. The van der Waals surface area contributed by atoms with E-state index in [-0.39, 0.29) is 0 Å². The van der Waals surface area contributed by atoms with Gasteiger partial charge in [0.2, 0.25) is 0 Å². The van der Waals surface area contributed by atoms with Crippen molar-refractivity contribution in [2.75, 3.05) is 60.0 Å². The van der Waals surface area contributed by atoms with E-state index in [2.05, 4.69) is 35.4 Å². The molecule has 2 unspecified atom stereocenters. The molecule has 0 spiro atoms. The lowest BCUT2D eigenvalue weighted by atomic mass is 10.1.